The number of hydrogen-bond donors (Lipinski definition) is 0. The summed E-state index contributed by atoms with van der Waals surface area (Å²) in [5.74, 6) is 1.38. The Morgan fingerprint density at radius 2 is 2.07 bits per heavy atom. The van der Waals surface area contributed by atoms with Crippen molar-refractivity contribution in [3.63, 3.8) is 0 Å². The number of rotatable bonds is 6. The number of carbonyl (C=O) groups is 1. The number of ether oxygens (including phenoxy) is 2. The van der Waals surface area contributed by atoms with Gasteiger partial charge in [0.15, 0.2) is 0 Å². The fourth-order valence-corrected chi connectivity index (χ4v) is 4.86. The Balaban J connectivity index is 1.88. The molecule has 0 atom stereocenters. The number of nitrogens with zero attached hydrogens (tertiary/aromatic N) is 1. The molecule has 0 aliphatic carbocycles. The molecule has 27 heavy (non-hydrogen) atoms. The summed E-state index contributed by atoms with van der Waals surface area (Å²) in [6.45, 7) is 0.570. The first-order chi connectivity index (χ1) is 13.0. The molecule has 0 saturated carbocycles. The second-order valence-corrected chi connectivity index (χ2v) is 8.23. The second-order valence-electron chi connectivity index (χ2n) is 6.41. The van der Waals surface area contributed by atoms with Crippen molar-refractivity contribution in [3.05, 3.63) is 53.7 Å². The van der Waals surface area contributed by atoms with E-state index in [9.17, 15) is 13.2 Å². The molecular weight excluding hydrogens is 366 g/mol. The van der Waals surface area contributed by atoms with E-state index in [-0.39, 0.29) is 4.90 Å². The molecule has 4 rings (SSSR count). The molecule has 0 unspecified atom stereocenters. The summed E-state index contributed by atoms with van der Waals surface area (Å²) in [5, 5.41) is 0.768. The number of fused-ring (bicyclic) bond motifs is 2. The van der Waals surface area contributed by atoms with E-state index in [0.717, 1.165) is 28.5 Å². The van der Waals surface area contributed by atoms with Gasteiger partial charge in [-0.05, 0) is 53.9 Å². The van der Waals surface area contributed by atoms with Crippen molar-refractivity contribution in [1.29, 1.82) is 0 Å². The van der Waals surface area contributed by atoms with E-state index in [0.29, 0.717) is 37.1 Å². The van der Waals surface area contributed by atoms with Crippen LogP contribution in [0, 0.1) is 0 Å². The summed E-state index contributed by atoms with van der Waals surface area (Å²) >= 11 is 0. The Morgan fingerprint density at radius 3 is 2.85 bits per heavy atom. The average Bonchev–Trinajstić information content (AvgIpc) is 3.30. The van der Waals surface area contributed by atoms with E-state index in [2.05, 4.69) is 0 Å². The van der Waals surface area contributed by atoms with E-state index in [1.54, 1.807) is 49.7 Å². The third-order valence-corrected chi connectivity index (χ3v) is 6.48. The van der Waals surface area contributed by atoms with Gasteiger partial charge < -0.3 is 14.3 Å². The molecule has 2 aromatic carbocycles. The highest BCUT2D eigenvalue weighted by Gasteiger charge is 2.24. The Labute approximate surface area is 157 Å². The van der Waals surface area contributed by atoms with Crippen LogP contribution >= 0.6 is 0 Å². The molecule has 7 heteroatoms. The first-order valence-electron chi connectivity index (χ1n) is 8.67. The van der Waals surface area contributed by atoms with Gasteiger partial charge in [-0.25, -0.2) is 12.4 Å². The molecule has 6 nitrogen and oxygen atoms in total. The van der Waals surface area contributed by atoms with Gasteiger partial charge in [0.25, 0.3) is 10.0 Å². The van der Waals surface area contributed by atoms with E-state index >= 15 is 0 Å². The smallest absolute Gasteiger partial charge is 0.268 e. The lowest BCUT2D eigenvalue weighted by Gasteiger charge is -2.09. The largest absolute Gasteiger partial charge is 0.497 e. The highest BCUT2D eigenvalue weighted by atomic mass is 32.2. The van der Waals surface area contributed by atoms with E-state index < -0.39 is 10.0 Å². The molecule has 2 heterocycles. The molecule has 0 N–H and O–H groups in total. The Hall–Kier alpha value is -2.80. The van der Waals surface area contributed by atoms with Gasteiger partial charge in [-0.15, -0.1) is 0 Å². The maximum absolute atomic E-state index is 13.3. The molecule has 140 valence electrons. The first kappa shape index (κ1) is 17.6. The number of carbonyl (C=O) groups excluding carboxylic acids is 1. The Bertz CT molecular complexity index is 1130. The van der Waals surface area contributed by atoms with Gasteiger partial charge in [0.05, 0.1) is 24.1 Å². The van der Waals surface area contributed by atoms with E-state index in [1.165, 1.54) is 3.97 Å². The summed E-state index contributed by atoms with van der Waals surface area (Å²) in [6.07, 6.45) is 3.93. The van der Waals surface area contributed by atoms with Gasteiger partial charge in [-0.2, -0.15) is 0 Å². The van der Waals surface area contributed by atoms with Crippen LogP contribution in [0.1, 0.15) is 17.5 Å². The number of aryl methyl sites for hydroxylation is 1. The lowest BCUT2D eigenvalue weighted by Crippen LogP contribution is -2.12. The van der Waals surface area contributed by atoms with Crippen molar-refractivity contribution in [3.8, 4) is 11.5 Å². The Morgan fingerprint density at radius 1 is 1.22 bits per heavy atom. The van der Waals surface area contributed by atoms with Crippen molar-refractivity contribution in [2.75, 3.05) is 13.7 Å². The SMILES string of the molecule is COc1ccc2c(c1)c(CCC=O)cn2S(=O)(=O)c1ccc2c(c1)CCO2. The summed E-state index contributed by atoms with van der Waals surface area (Å²) in [4.78, 5) is 11.0. The predicted molar refractivity (Wildman–Crippen MR) is 101 cm³/mol. The minimum atomic E-state index is -3.78. The van der Waals surface area contributed by atoms with Gasteiger partial charge in [0, 0.05) is 24.4 Å². The zero-order valence-electron chi connectivity index (χ0n) is 14.8. The summed E-state index contributed by atoms with van der Waals surface area (Å²) < 4.78 is 38.6. The molecule has 0 amide bonds. The molecule has 3 aromatic rings. The maximum atomic E-state index is 13.3. The molecule has 0 saturated heterocycles. The molecule has 0 spiro atoms. The zero-order chi connectivity index (χ0) is 19.0. The van der Waals surface area contributed by atoms with Crippen molar-refractivity contribution in [1.82, 2.24) is 3.97 Å². The van der Waals surface area contributed by atoms with Gasteiger partial charge in [0.2, 0.25) is 0 Å². The minimum Gasteiger partial charge on any atom is -0.497 e. The molecule has 1 aliphatic heterocycles. The molecular formula is C20H19NO5S. The number of benzene rings is 2. The number of hydrogen-bond acceptors (Lipinski definition) is 5. The van der Waals surface area contributed by atoms with Gasteiger partial charge >= 0.3 is 0 Å². The lowest BCUT2D eigenvalue weighted by atomic mass is 10.1. The van der Waals surface area contributed by atoms with Crippen molar-refractivity contribution in [2.45, 2.75) is 24.2 Å². The fraction of sp³-hybridized carbons (Fsp3) is 0.250. The van der Waals surface area contributed by atoms with Crippen LogP contribution in [-0.4, -0.2) is 32.4 Å². The highest BCUT2D eigenvalue weighted by molar-refractivity contribution is 7.90. The Kier molecular flexibility index (Phi) is 4.39. The zero-order valence-corrected chi connectivity index (χ0v) is 15.7. The quantitative estimate of drug-likeness (QED) is 0.610. The van der Waals surface area contributed by atoms with Crippen LogP contribution in [0.25, 0.3) is 10.9 Å². The highest BCUT2D eigenvalue weighted by Crippen LogP contribution is 2.32. The molecule has 1 aliphatic rings. The summed E-state index contributed by atoms with van der Waals surface area (Å²) in [5.41, 5.74) is 2.26. The fourth-order valence-electron chi connectivity index (χ4n) is 3.42. The first-order valence-corrected chi connectivity index (χ1v) is 10.1. The molecule has 0 fully saturated rings. The molecule has 0 radical (unpaired) electrons. The summed E-state index contributed by atoms with van der Waals surface area (Å²) in [7, 11) is -2.22. The standard InChI is InChI=1S/C20H19NO5S/c1-25-16-4-6-19-18(12-16)15(3-2-9-22)13-21(19)27(23,24)17-5-7-20-14(11-17)8-10-26-20/h4-7,9,11-13H,2-3,8,10H2,1H3. The lowest BCUT2D eigenvalue weighted by molar-refractivity contribution is -0.107. The van der Waals surface area contributed by atoms with Crippen LogP contribution in [0.4, 0.5) is 0 Å². The predicted octanol–water partition coefficient (Wildman–Crippen LogP) is 2.95. The number of aromatic nitrogens is 1. The summed E-state index contributed by atoms with van der Waals surface area (Å²) in [6, 6.07) is 10.2. The second kappa shape index (κ2) is 6.74. The normalized spacial score (nSPS) is 13.4. The topological polar surface area (TPSA) is 74.6 Å². The average molecular weight is 385 g/mol. The van der Waals surface area contributed by atoms with Crippen molar-refractivity contribution in [2.24, 2.45) is 0 Å². The van der Waals surface area contributed by atoms with Gasteiger partial charge in [-0.1, -0.05) is 0 Å². The van der Waals surface area contributed by atoms with Gasteiger partial charge in [-0.3, -0.25) is 0 Å². The van der Waals surface area contributed by atoms with Crippen LogP contribution in [0.5, 0.6) is 11.5 Å². The van der Waals surface area contributed by atoms with Crippen LogP contribution < -0.4 is 9.47 Å². The van der Waals surface area contributed by atoms with E-state index in [4.69, 9.17) is 9.47 Å². The number of aldehydes is 1. The van der Waals surface area contributed by atoms with Crippen molar-refractivity contribution < 1.29 is 22.7 Å². The number of methoxy groups -OCH3 is 1. The van der Waals surface area contributed by atoms with Crippen LogP contribution in [-0.2, 0) is 27.7 Å². The van der Waals surface area contributed by atoms with Gasteiger partial charge in [0.1, 0.15) is 17.8 Å². The van der Waals surface area contributed by atoms with Crippen LogP contribution in [0.2, 0.25) is 0 Å². The molecule has 0 bridgehead atoms. The van der Waals surface area contributed by atoms with E-state index in [1.807, 2.05) is 0 Å². The monoisotopic (exact) mass is 385 g/mol. The minimum absolute atomic E-state index is 0.224. The molecule has 1 aromatic heterocycles. The van der Waals surface area contributed by atoms with Crippen LogP contribution in [0.15, 0.2) is 47.5 Å². The third-order valence-electron chi connectivity index (χ3n) is 4.81. The maximum Gasteiger partial charge on any atom is 0.268 e. The third kappa shape index (κ3) is 2.98. The van der Waals surface area contributed by atoms with Crippen LogP contribution in [0.3, 0.4) is 0 Å². The van der Waals surface area contributed by atoms with Crippen molar-refractivity contribution >= 4 is 27.2 Å².